The molecule has 0 aromatic heterocycles. The first-order chi connectivity index (χ1) is 7.62. The van der Waals surface area contributed by atoms with E-state index < -0.39 is 10.0 Å². The lowest BCUT2D eigenvalue weighted by molar-refractivity contribution is 0.569. The molecule has 0 atom stereocenters. The molecule has 0 fully saturated rings. The van der Waals surface area contributed by atoms with Crippen molar-refractivity contribution in [3.8, 4) is 0 Å². The van der Waals surface area contributed by atoms with Crippen LogP contribution in [0, 0.1) is 0 Å². The minimum atomic E-state index is -3.05. The number of rotatable bonds is 11. The van der Waals surface area contributed by atoms with Crippen LogP contribution < -0.4 is 10.5 Å². The predicted octanol–water partition coefficient (Wildman–Crippen LogP) is 1.62. The van der Waals surface area contributed by atoms with Crippen LogP contribution in [0.1, 0.15) is 51.9 Å². The first-order valence-corrected chi connectivity index (χ1v) is 7.95. The normalized spacial score (nSPS) is 11.9. The molecule has 0 amide bonds. The largest absolute Gasteiger partial charge is 0.330 e. The van der Waals surface area contributed by atoms with Crippen molar-refractivity contribution in [2.24, 2.45) is 5.73 Å². The topological polar surface area (TPSA) is 72.2 Å². The van der Waals surface area contributed by atoms with Crippen LogP contribution in [-0.2, 0) is 10.0 Å². The van der Waals surface area contributed by atoms with Gasteiger partial charge in [-0.3, -0.25) is 0 Å². The Labute approximate surface area is 100 Å². The second kappa shape index (κ2) is 10.1. The van der Waals surface area contributed by atoms with Crippen LogP contribution in [0.2, 0.25) is 0 Å². The van der Waals surface area contributed by atoms with E-state index in [4.69, 9.17) is 5.73 Å². The summed E-state index contributed by atoms with van der Waals surface area (Å²) in [4.78, 5) is 0. The monoisotopic (exact) mass is 250 g/mol. The summed E-state index contributed by atoms with van der Waals surface area (Å²) in [7, 11) is -3.05. The van der Waals surface area contributed by atoms with Crippen molar-refractivity contribution in [1.82, 2.24) is 4.72 Å². The van der Waals surface area contributed by atoms with E-state index in [0.717, 1.165) is 19.3 Å². The predicted molar refractivity (Wildman–Crippen MR) is 68.8 cm³/mol. The number of sulfonamides is 1. The molecular weight excluding hydrogens is 224 g/mol. The second-order valence-corrected chi connectivity index (χ2v) is 6.05. The van der Waals surface area contributed by atoms with Crippen molar-refractivity contribution in [1.29, 1.82) is 0 Å². The molecule has 0 radical (unpaired) electrons. The Morgan fingerprint density at radius 2 is 1.62 bits per heavy atom. The Morgan fingerprint density at radius 3 is 2.25 bits per heavy atom. The van der Waals surface area contributed by atoms with Gasteiger partial charge in [-0.2, -0.15) is 0 Å². The minimum Gasteiger partial charge on any atom is -0.330 e. The maximum atomic E-state index is 11.4. The third-order valence-electron chi connectivity index (χ3n) is 2.47. The average molecular weight is 250 g/mol. The lowest BCUT2D eigenvalue weighted by Gasteiger charge is -2.05. The van der Waals surface area contributed by atoms with Gasteiger partial charge in [0.15, 0.2) is 0 Å². The van der Waals surface area contributed by atoms with Gasteiger partial charge < -0.3 is 5.73 Å². The van der Waals surface area contributed by atoms with Crippen LogP contribution >= 0.6 is 0 Å². The lowest BCUT2D eigenvalue weighted by Crippen LogP contribution is -2.28. The molecule has 0 heterocycles. The van der Waals surface area contributed by atoms with Gasteiger partial charge in [-0.25, -0.2) is 13.1 Å². The van der Waals surface area contributed by atoms with E-state index in [1.54, 1.807) is 0 Å². The van der Waals surface area contributed by atoms with E-state index in [9.17, 15) is 8.42 Å². The summed E-state index contributed by atoms with van der Waals surface area (Å²) in [6.07, 6.45) is 7.32. The summed E-state index contributed by atoms with van der Waals surface area (Å²) in [5.41, 5.74) is 5.29. The van der Waals surface area contributed by atoms with Crippen LogP contribution in [-0.4, -0.2) is 27.3 Å². The van der Waals surface area contributed by atoms with Crippen LogP contribution in [0.15, 0.2) is 0 Å². The summed E-state index contributed by atoms with van der Waals surface area (Å²) < 4.78 is 25.4. The maximum Gasteiger partial charge on any atom is 0.211 e. The van der Waals surface area contributed by atoms with Gasteiger partial charge in [0.2, 0.25) is 10.0 Å². The molecule has 3 N–H and O–H groups in total. The van der Waals surface area contributed by atoms with Gasteiger partial charge in [0.05, 0.1) is 5.75 Å². The SMILES string of the molecule is CCCCCCCCS(=O)(=O)NCCCN. The third-order valence-corrected chi connectivity index (χ3v) is 3.94. The van der Waals surface area contributed by atoms with Crippen LogP contribution in [0.3, 0.4) is 0 Å². The van der Waals surface area contributed by atoms with E-state index >= 15 is 0 Å². The molecule has 0 saturated carbocycles. The van der Waals surface area contributed by atoms with Gasteiger partial charge in [0.25, 0.3) is 0 Å². The van der Waals surface area contributed by atoms with Crippen molar-refractivity contribution < 1.29 is 8.42 Å². The highest BCUT2D eigenvalue weighted by Crippen LogP contribution is 2.05. The highest BCUT2D eigenvalue weighted by molar-refractivity contribution is 7.89. The zero-order valence-electron chi connectivity index (χ0n) is 10.4. The van der Waals surface area contributed by atoms with E-state index in [2.05, 4.69) is 11.6 Å². The molecule has 98 valence electrons. The fourth-order valence-corrected chi connectivity index (χ4v) is 2.66. The molecule has 0 aromatic rings. The lowest BCUT2D eigenvalue weighted by atomic mass is 10.1. The highest BCUT2D eigenvalue weighted by atomic mass is 32.2. The number of unbranched alkanes of at least 4 members (excludes halogenated alkanes) is 5. The van der Waals surface area contributed by atoms with Crippen molar-refractivity contribution >= 4 is 10.0 Å². The standard InChI is InChI=1S/C11H26N2O2S/c1-2-3-4-5-6-7-11-16(14,15)13-10-8-9-12/h13H,2-12H2,1H3. The van der Waals surface area contributed by atoms with Gasteiger partial charge in [-0.05, 0) is 19.4 Å². The Morgan fingerprint density at radius 1 is 1.00 bits per heavy atom. The van der Waals surface area contributed by atoms with Crippen LogP contribution in [0.4, 0.5) is 0 Å². The molecule has 0 saturated heterocycles. The molecule has 0 rings (SSSR count). The fraction of sp³-hybridized carbons (Fsp3) is 1.00. The Hall–Kier alpha value is -0.130. The van der Waals surface area contributed by atoms with Crippen LogP contribution in [0.5, 0.6) is 0 Å². The zero-order chi connectivity index (χ0) is 12.3. The number of hydrogen-bond acceptors (Lipinski definition) is 3. The molecule has 16 heavy (non-hydrogen) atoms. The molecular formula is C11H26N2O2S. The van der Waals surface area contributed by atoms with Gasteiger partial charge in [-0.1, -0.05) is 39.0 Å². The molecule has 4 nitrogen and oxygen atoms in total. The van der Waals surface area contributed by atoms with Crippen molar-refractivity contribution in [3.63, 3.8) is 0 Å². The summed E-state index contributed by atoms with van der Waals surface area (Å²) in [6.45, 7) is 3.17. The first kappa shape index (κ1) is 15.9. The quantitative estimate of drug-likeness (QED) is 0.547. The molecule has 0 aliphatic heterocycles. The molecule has 0 aliphatic rings. The summed E-state index contributed by atoms with van der Waals surface area (Å²) >= 11 is 0. The number of nitrogens with one attached hydrogen (secondary N) is 1. The highest BCUT2D eigenvalue weighted by Gasteiger charge is 2.07. The molecule has 0 spiro atoms. The number of nitrogens with two attached hydrogens (primary N) is 1. The molecule has 0 aromatic carbocycles. The van der Waals surface area contributed by atoms with Gasteiger partial charge >= 0.3 is 0 Å². The van der Waals surface area contributed by atoms with Gasteiger partial charge in [0, 0.05) is 6.54 Å². The fourth-order valence-electron chi connectivity index (χ4n) is 1.47. The average Bonchev–Trinajstić information content (AvgIpc) is 2.23. The van der Waals surface area contributed by atoms with E-state index in [-0.39, 0.29) is 5.75 Å². The molecule has 0 unspecified atom stereocenters. The third kappa shape index (κ3) is 10.4. The van der Waals surface area contributed by atoms with E-state index in [1.165, 1.54) is 19.3 Å². The summed E-state index contributed by atoms with van der Waals surface area (Å²) in [5.74, 6) is 0.254. The van der Waals surface area contributed by atoms with Crippen molar-refractivity contribution in [3.05, 3.63) is 0 Å². The molecule has 0 bridgehead atoms. The summed E-state index contributed by atoms with van der Waals surface area (Å²) in [5, 5.41) is 0. The smallest absolute Gasteiger partial charge is 0.211 e. The van der Waals surface area contributed by atoms with Gasteiger partial charge in [0.1, 0.15) is 0 Å². The zero-order valence-corrected chi connectivity index (χ0v) is 11.2. The van der Waals surface area contributed by atoms with Crippen molar-refractivity contribution in [2.75, 3.05) is 18.8 Å². The number of hydrogen-bond donors (Lipinski definition) is 2. The second-order valence-electron chi connectivity index (χ2n) is 4.12. The van der Waals surface area contributed by atoms with Crippen LogP contribution in [0.25, 0.3) is 0 Å². The molecule has 5 heteroatoms. The Balaban J connectivity index is 3.43. The van der Waals surface area contributed by atoms with Crippen molar-refractivity contribution in [2.45, 2.75) is 51.9 Å². The minimum absolute atomic E-state index is 0.254. The Bertz CT molecular complexity index is 240. The maximum absolute atomic E-state index is 11.4. The molecule has 0 aliphatic carbocycles. The Kier molecular flexibility index (Phi) is 9.97. The van der Waals surface area contributed by atoms with E-state index in [0.29, 0.717) is 19.5 Å². The first-order valence-electron chi connectivity index (χ1n) is 6.30. The van der Waals surface area contributed by atoms with E-state index in [1.807, 2.05) is 0 Å². The van der Waals surface area contributed by atoms with Gasteiger partial charge in [-0.15, -0.1) is 0 Å². The summed E-state index contributed by atoms with van der Waals surface area (Å²) in [6, 6.07) is 0.